The van der Waals surface area contributed by atoms with Crippen LogP contribution >= 0.6 is 0 Å². The molecule has 17 heavy (non-hydrogen) atoms. The van der Waals surface area contributed by atoms with Crippen molar-refractivity contribution in [3.05, 3.63) is 0 Å². The fourth-order valence-electron chi connectivity index (χ4n) is 2.72. The van der Waals surface area contributed by atoms with Gasteiger partial charge in [-0.3, -0.25) is 4.90 Å². The van der Waals surface area contributed by atoms with Gasteiger partial charge < -0.3 is 15.2 Å². The highest BCUT2D eigenvalue weighted by molar-refractivity contribution is 4.80. The van der Waals surface area contributed by atoms with Crippen molar-refractivity contribution in [3.8, 4) is 0 Å². The lowest BCUT2D eigenvalue weighted by atomic mass is 10.1. The van der Waals surface area contributed by atoms with E-state index in [4.69, 9.17) is 15.2 Å². The van der Waals surface area contributed by atoms with Crippen LogP contribution in [0.5, 0.6) is 0 Å². The molecule has 1 saturated heterocycles. The Labute approximate surface area is 105 Å². The van der Waals surface area contributed by atoms with Crippen molar-refractivity contribution in [1.29, 1.82) is 0 Å². The number of methoxy groups -OCH3 is 2. The molecular weight excluding hydrogens is 216 g/mol. The first-order valence-corrected chi connectivity index (χ1v) is 6.74. The Morgan fingerprint density at radius 3 is 2.53 bits per heavy atom. The Morgan fingerprint density at radius 1 is 1.24 bits per heavy atom. The van der Waals surface area contributed by atoms with E-state index in [2.05, 4.69) is 11.8 Å². The highest BCUT2D eigenvalue weighted by Crippen LogP contribution is 2.21. The van der Waals surface area contributed by atoms with Gasteiger partial charge in [-0.1, -0.05) is 12.8 Å². The van der Waals surface area contributed by atoms with Gasteiger partial charge in [0.15, 0.2) is 6.29 Å². The Morgan fingerprint density at radius 2 is 1.94 bits per heavy atom. The molecule has 0 bridgehead atoms. The third-order valence-corrected chi connectivity index (χ3v) is 3.84. The van der Waals surface area contributed by atoms with Gasteiger partial charge in [-0.2, -0.15) is 0 Å². The number of rotatable bonds is 6. The minimum absolute atomic E-state index is 0.140. The molecule has 4 nitrogen and oxygen atoms in total. The molecule has 1 rings (SSSR count). The highest BCUT2D eigenvalue weighted by Gasteiger charge is 2.26. The normalized spacial score (nSPS) is 24.9. The third kappa shape index (κ3) is 4.54. The molecule has 1 heterocycles. The molecule has 4 heteroatoms. The molecule has 2 unspecified atom stereocenters. The maximum atomic E-state index is 5.92. The number of hydrogen-bond acceptors (Lipinski definition) is 4. The Bertz CT molecular complexity index is 198. The predicted molar refractivity (Wildman–Crippen MR) is 69.9 cm³/mol. The molecule has 0 aromatic carbocycles. The Kier molecular flexibility index (Phi) is 7.04. The van der Waals surface area contributed by atoms with Gasteiger partial charge in [0.25, 0.3) is 0 Å². The van der Waals surface area contributed by atoms with Crippen LogP contribution in [-0.2, 0) is 9.47 Å². The number of likely N-dealkylation sites (tertiary alicyclic amines) is 1. The summed E-state index contributed by atoms with van der Waals surface area (Å²) in [6.45, 7) is 4.14. The van der Waals surface area contributed by atoms with Crippen molar-refractivity contribution in [2.24, 2.45) is 5.73 Å². The lowest BCUT2D eigenvalue weighted by Crippen LogP contribution is -2.47. The van der Waals surface area contributed by atoms with Gasteiger partial charge in [0, 0.05) is 39.3 Å². The second kappa shape index (κ2) is 8.03. The van der Waals surface area contributed by atoms with E-state index in [-0.39, 0.29) is 6.29 Å². The van der Waals surface area contributed by atoms with E-state index in [1.807, 2.05) is 0 Å². The van der Waals surface area contributed by atoms with E-state index >= 15 is 0 Å². The molecule has 0 radical (unpaired) electrons. The summed E-state index contributed by atoms with van der Waals surface area (Å²) in [5.41, 5.74) is 5.92. The SMILES string of the molecule is COC(CC(CN)N1CCCCCC1C)OC. The van der Waals surface area contributed by atoms with Crippen molar-refractivity contribution in [2.75, 3.05) is 27.3 Å². The topological polar surface area (TPSA) is 47.7 Å². The summed E-state index contributed by atoms with van der Waals surface area (Å²) < 4.78 is 10.6. The lowest BCUT2D eigenvalue weighted by Gasteiger charge is -2.36. The molecule has 0 aromatic rings. The van der Waals surface area contributed by atoms with Crippen LogP contribution < -0.4 is 5.73 Å². The zero-order valence-corrected chi connectivity index (χ0v) is 11.5. The molecule has 0 aromatic heterocycles. The minimum Gasteiger partial charge on any atom is -0.356 e. The van der Waals surface area contributed by atoms with Crippen LogP contribution in [-0.4, -0.2) is 50.6 Å². The van der Waals surface area contributed by atoms with E-state index in [9.17, 15) is 0 Å². The first kappa shape index (κ1) is 14.9. The average molecular weight is 244 g/mol. The van der Waals surface area contributed by atoms with Gasteiger partial charge in [-0.05, 0) is 26.3 Å². The first-order valence-electron chi connectivity index (χ1n) is 6.74. The van der Waals surface area contributed by atoms with Crippen molar-refractivity contribution in [1.82, 2.24) is 4.90 Å². The van der Waals surface area contributed by atoms with Crippen LogP contribution in [0, 0.1) is 0 Å². The highest BCUT2D eigenvalue weighted by atomic mass is 16.7. The van der Waals surface area contributed by atoms with E-state index in [1.54, 1.807) is 14.2 Å². The van der Waals surface area contributed by atoms with Crippen LogP contribution in [0.3, 0.4) is 0 Å². The summed E-state index contributed by atoms with van der Waals surface area (Å²) in [5.74, 6) is 0. The summed E-state index contributed by atoms with van der Waals surface area (Å²) in [5, 5.41) is 0. The average Bonchev–Trinajstić information content (AvgIpc) is 2.56. The van der Waals surface area contributed by atoms with Crippen LogP contribution in [0.1, 0.15) is 39.0 Å². The number of nitrogens with two attached hydrogens (primary N) is 1. The zero-order valence-electron chi connectivity index (χ0n) is 11.5. The third-order valence-electron chi connectivity index (χ3n) is 3.84. The second-order valence-corrected chi connectivity index (χ2v) is 4.96. The molecule has 0 saturated carbocycles. The quantitative estimate of drug-likeness (QED) is 0.721. The van der Waals surface area contributed by atoms with Crippen molar-refractivity contribution < 1.29 is 9.47 Å². The smallest absolute Gasteiger partial charge is 0.158 e. The maximum Gasteiger partial charge on any atom is 0.158 e. The van der Waals surface area contributed by atoms with E-state index < -0.39 is 0 Å². The van der Waals surface area contributed by atoms with Crippen LogP contribution in [0.15, 0.2) is 0 Å². The van der Waals surface area contributed by atoms with Gasteiger partial charge in [0.1, 0.15) is 0 Å². The molecule has 1 fully saturated rings. The molecule has 102 valence electrons. The van der Waals surface area contributed by atoms with Crippen LogP contribution in [0.4, 0.5) is 0 Å². The lowest BCUT2D eigenvalue weighted by molar-refractivity contribution is -0.118. The summed E-state index contributed by atoms with van der Waals surface area (Å²) in [4.78, 5) is 2.54. The molecular formula is C13H28N2O2. The van der Waals surface area contributed by atoms with Gasteiger partial charge in [0.05, 0.1) is 0 Å². The number of ether oxygens (including phenoxy) is 2. The van der Waals surface area contributed by atoms with Crippen molar-refractivity contribution >= 4 is 0 Å². The molecule has 2 N–H and O–H groups in total. The molecule has 0 spiro atoms. The Hall–Kier alpha value is -0.160. The molecule has 0 amide bonds. The van der Waals surface area contributed by atoms with E-state index in [1.165, 1.54) is 25.7 Å². The van der Waals surface area contributed by atoms with Crippen LogP contribution in [0.25, 0.3) is 0 Å². The van der Waals surface area contributed by atoms with E-state index in [0.29, 0.717) is 18.6 Å². The Balaban J connectivity index is 2.57. The standard InChI is InChI=1S/C13H28N2O2/c1-11-7-5-4-6-8-15(11)12(10-14)9-13(16-2)17-3/h11-13H,4-10,14H2,1-3H3. The largest absolute Gasteiger partial charge is 0.356 e. The summed E-state index contributed by atoms with van der Waals surface area (Å²) >= 11 is 0. The zero-order chi connectivity index (χ0) is 12.7. The van der Waals surface area contributed by atoms with Crippen molar-refractivity contribution in [3.63, 3.8) is 0 Å². The maximum absolute atomic E-state index is 5.92. The predicted octanol–water partition coefficient (Wildman–Crippen LogP) is 1.59. The molecule has 1 aliphatic rings. The van der Waals surface area contributed by atoms with Crippen molar-refractivity contribution in [2.45, 2.75) is 57.4 Å². The van der Waals surface area contributed by atoms with Gasteiger partial charge >= 0.3 is 0 Å². The fraction of sp³-hybridized carbons (Fsp3) is 1.00. The fourth-order valence-corrected chi connectivity index (χ4v) is 2.72. The van der Waals surface area contributed by atoms with Gasteiger partial charge in [-0.25, -0.2) is 0 Å². The minimum atomic E-state index is -0.140. The van der Waals surface area contributed by atoms with Gasteiger partial charge in [0.2, 0.25) is 0 Å². The van der Waals surface area contributed by atoms with Gasteiger partial charge in [-0.15, -0.1) is 0 Å². The molecule has 1 aliphatic heterocycles. The first-order chi connectivity index (χ1) is 8.22. The molecule has 2 atom stereocenters. The number of hydrogen-bond donors (Lipinski definition) is 1. The van der Waals surface area contributed by atoms with Crippen LogP contribution in [0.2, 0.25) is 0 Å². The summed E-state index contributed by atoms with van der Waals surface area (Å²) in [6, 6.07) is 0.994. The number of nitrogens with zero attached hydrogens (tertiary/aromatic N) is 1. The van der Waals surface area contributed by atoms with E-state index in [0.717, 1.165) is 13.0 Å². The monoisotopic (exact) mass is 244 g/mol. The molecule has 0 aliphatic carbocycles. The second-order valence-electron chi connectivity index (χ2n) is 4.96. The summed E-state index contributed by atoms with van der Waals surface area (Å²) in [7, 11) is 3.38. The summed E-state index contributed by atoms with van der Waals surface area (Å²) in [6.07, 6.45) is 5.96.